The quantitative estimate of drug-likeness (QED) is 0.797. The van der Waals surface area contributed by atoms with E-state index >= 15 is 0 Å². The molecular formula is C13H20N4O4S. The smallest absolute Gasteiger partial charge is 0.223 e. The average molecular weight is 328 g/mol. The van der Waals surface area contributed by atoms with Crippen LogP contribution < -0.4 is 4.72 Å². The fourth-order valence-corrected chi connectivity index (χ4v) is 4.29. The number of ether oxygens (including phenoxy) is 1. The number of hydrogen-bond acceptors (Lipinski definition) is 5. The Morgan fingerprint density at radius 2 is 2.09 bits per heavy atom. The van der Waals surface area contributed by atoms with E-state index in [9.17, 15) is 13.2 Å². The summed E-state index contributed by atoms with van der Waals surface area (Å²) in [6, 6.07) is -0.786. The lowest BCUT2D eigenvalue weighted by Gasteiger charge is -2.39. The number of carbonyl (C=O) groups is 1. The van der Waals surface area contributed by atoms with Gasteiger partial charge in [-0.05, 0) is 6.42 Å². The van der Waals surface area contributed by atoms with Crippen molar-refractivity contribution in [3.05, 3.63) is 18.2 Å². The molecule has 0 aromatic carbocycles. The Morgan fingerprint density at radius 3 is 2.64 bits per heavy atom. The van der Waals surface area contributed by atoms with Crippen LogP contribution in [-0.4, -0.2) is 60.3 Å². The largest absolute Gasteiger partial charge is 0.378 e. The van der Waals surface area contributed by atoms with E-state index in [4.69, 9.17) is 4.74 Å². The zero-order chi connectivity index (χ0) is 15.9. The van der Waals surface area contributed by atoms with Gasteiger partial charge in [0.05, 0.1) is 13.2 Å². The molecule has 3 rings (SSSR count). The van der Waals surface area contributed by atoms with E-state index in [0.717, 1.165) is 0 Å². The number of likely N-dealkylation sites (N-methyl/N-ethyl adjacent to an activating group) is 1. The van der Waals surface area contributed by atoms with E-state index in [1.165, 1.54) is 0 Å². The maximum Gasteiger partial charge on any atom is 0.223 e. The molecule has 2 atom stereocenters. The second kappa shape index (κ2) is 5.64. The molecule has 0 spiro atoms. The van der Waals surface area contributed by atoms with Gasteiger partial charge in [0.2, 0.25) is 15.9 Å². The van der Waals surface area contributed by atoms with E-state index in [2.05, 4.69) is 9.71 Å². The van der Waals surface area contributed by atoms with Gasteiger partial charge in [-0.25, -0.2) is 18.1 Å². The van der Waals surface area contributed by atoms with Crippen LogP contribution >= 0.6 is 0 Å². The number of hydrogen-bond donors (Lipinski definition) is 1. The first-order chi connectivity index (χ1) is 10.4. The maximum absolute atomic E-state index is 12.3. The van der Waals surface area contributed by atoms with Crippen LogP contribution in [0.25, 0.3) is 0 Å². The third-order valence-electron chi connectivity index (χ3n) is 4.35. The Morgan fingerprint density at radius 1 is 1.36 bits per heavy atom. The second-order valence-electron chi connectivity index (χ2n) is 5.81. The molecular weight excluding hydrogens is 308 g/mol. The summed E-state index contributed by atoms with van der Waals surface area (Å²) in [4.78, 5) is 17.9. The minimum atomic E-state index is -3.45. The Kier molecular flexibility index (Phi) is 3.96. The summed E-state index contributed by atoms with van der Waals surface area (Å²) in [5.74, 6) is 0.670. The highest BCUT2D eigenvalue weighted by atomic mass is 32.2. The molecule has 0 aliphatic carbocycles. The van der Waals surface area contributed by atoms with E-state index < -0.39 is 21.3 Å². The standard InChI is InChI=1S/C13H20N4O4S/c1-16-6-5-14-13(16)12-10(3-4-11(18)17(12)2)15-22(19,20)9-7-21-8-9/h5-6,9-10,12,15H,3-4,7-8H2,1-2H3/t10-,12-/m1/s1. The molecule has 22 heavy (non-hydrogen) atoms. The van der Waals surface area contributed by atoms with Crippen molar-refractivity contribution in [2.45, 2.75) is 30.2 Å². The monoisotopic (exact) mass is 328 g/mol. The van der Waals surface area contributed by atoms with Crippen LogP contribution in [0.1, 0.15) is 24.7 Å². The Balaban J connectivity index is 1.87. The Hall–Kier alpha value is -1.45. The number of piperidine rings is 1. The highest BCUT2D eigenvalue weighted by molar-refractivity contribution is 7.90. The lowest BCUT2D eigenvalue weighted by atomic mass is 9.96. The van der Waals surface area contributed by atoms with Gasteiger partial charge in [0.15, 0.2) is 0 Å². The van der Waals surface area contributed by atoms with E-state index in [-0.39, 0.29) is 25.2 Å². The first-order valence-corrected chi connectivity index (χ1v) is 8.76. The first-order valence-electron chi connectivity index (χ1n) is 7.22. The molecule has 1 aromatic heterocycles. The molecule has 1 amide bonds. The van der Waals surface area contributed by atoms with Crippen LogP contribution in [0.2, 0.25) is 0 Å². The molecule has 1 aromatic rings. The molecule has 3 heterocycles. The molecule has 0 bridgehead atoms. The van der Waals surface area contributed by atoms with Crippen LogP contribution in [0.15, 0.2) is 12.4 Å². The fourth-order valence-electron chi connectivity index (χ4n) is 2.88. The predicted octanol–water partition coefficient (Wildman–Crippen LogP) is -0.600. The number of aromatic nitrogens is 2. The molecule has 0 unspecified atom stereocenters. The molecule has 2 aliphatic heterocycles. The fraction of sp³-hybridized carbons (Fsp3) is 0.692. The van der Waals surface area contributed by atoms with Crippen molar-refractivity contribution in [1.82, 2.24) is 19.2 Å². The molecule has 0 saturated carbocycles. The highest BCUT2D eigenvalue weighted by Gasteiger charge is 2.41. The van der Waals surface area contributed by atoms with Crippen molar-refractivity contribution >= 4 is 15.9 Å². The lowest BCUT2D eigenvalue weighted by molar-refractivity contribution is -0.136. The number of rotatable bonds is 4. The van der Waals surface area contributed by atoms with Gasteiger partial charge in [-0.3, -0.25) is 4.79 Å². The third-order valence-corrected chi connectivity index (χ3v) is 6.13. The molecule has 2 saturated heterocycles. The van der Waals surface area contributed by atoms with Gasteiger partial charge in [0.25, 0.3) is 0 Å². The van der Waals surface area contributed by atoms with Crippen molar-refractivity contribution in [1.29, 1.82) is 0 Å². The first kappa shape index (κ1) is 15.4. The number of likely N-dealkylation sites (tertiary alicyclic amines) is 1. The highest BCUT2D eigenvalue weighted by Crippen LogP contribution is 2.30. The molecule has 2 aliphatic rings. The van der Waals surface area contributed by atoms with Gasteiger partial charge in [0.1, 0.15) is 17.1 Å². The normalized spacial score (nSPS) is 27.0. The summed E-state index contributed by atoms with van der Waals surface area (Å²) in [5.41, 5.74) is 0. The summed E-state index contributed by atoms with van der Waals surface area (Å²) in [7, 11) is 0.0721. The summed E-state index contributed by atoms with van der Waals surface area (Å²) in [6.45, 7) is 0.452. The number of sulfonamides is 1. The van der Waals surface area contributed by atoms with E-state index in [1.807, 2.05) is 11.6 Å². The summed E-state index contributed by atoms with van der Waals surface area (Å²) >= 11 is 0. The second-order valence-corrected chi connectivity index (χ2v) is 7.81. The van der Waals surface area contributed by atoms with Gasteiger partial charge in [-0.1, -0.05) is 0 Å². The number of imidazole rings is 1. The van der Waals surface area contributed by atoms with Crippen molar-refractivity contribution in [2.75, 3.05) is 20.3 Å². The Bertz CT molecular complexity index is 667. The number of nitrogens with zero attached hydrogens (tertiary/aromatic N) is 3. The summed E-state index contributed by atoms with van der Waals surface area (Å²) < 4.78 is 34.2. The van der Waals surface area contributed by atoms with Crippen molar-refractivity contribution in [2.24, 2.45) is 7.05 Å². The van der Waals surface area contributed by atoms with Gasteiger partial charge < -0.3 is 14.2 Å². The average Bonchev–Trinajstić information content (AvgIpc) is 2.77. The van der Waals surface area contributed by atoms with Gasteiger partial charge in [0, 0.05) is 39.0 Å². The lowest BCUT2D eigenvalue weighted by Crippen LogP contribution is -2.55. The zero-order valence-electron chi connectivity index (χ0n) is 12.6. The zero-order valence-corrected chi connectivity index (χ0v) is 13.4. The number of carbonyl (C=O) groups excluding carboxylic acids is 1. The molecule has 0 radical (unpaired) electrons. The minimum Gasteiger partial charge on any atom is -0.378 e. The van der Waals surface area contributed by atoms with Crippen LogP contribution in [0.5, 0.6) is 0 Å². The number of nitrogens with one attached hydrogen (secondary N) is 1. The SMILES string of the molecule is CN1C(=O)CC[C@@H](NS(=O)(=O)C2COC2)[C@@H]1c1nccn1C. The van der Waals surface area contributed by atoms with Crippen LogP contribution in [0.3, 0.4) is 0 Å². The van der Waals surface area contributed by atoms with Crippen molar-refractivity contribution < 1.29 is 17.9 Å². The van der Waals surface area contributed by atoms with E-state index in [0.29, 0.717) is 18.7 Å². The molecule has 9 heteroatoms. The third kappa shape index (κ3) is 2.64. The molecule has 2 fully saturated rings. The van der Waals surface area contributed by atoms with Crippen molar-refractivity contribution in [3.8, 4) is 0 Å². The minimum absolute atomic E-state index is 0.00424. The topological polar surface area (TPSA) is 93.5 Å². The number of amides is 1. The molecule has 122 valence electrons. The Labute approximate surface area is 129 Å². The number of aryl methyl sites for hydroxylation is 1. The van der Waals surface area contributed by atoms with Crippen molar-refractivity contribution in [3.63, 3.8) is 0 Å². The van der Waals surface area contributed by atoms with Gasteiger partial charge in [-0.2, -0.15) is 0 Å². The van der Waals surface area contributed by atoms with Crippen LogP contribution in [-0.2, 0) is 26.6 Å². The summed E-state index contributed by atoms with van der Waals surface area (Å²) in [5, 5.41) is -0.502. The van der Waals surface area contributed by atoms with Crippen LogP contribution in [0, 0.1) is 0 Å². The van der Waals surface area contributed by atoms with Gasteiger partial charge >= 0.3 is 0 Å². The van der Waals surface area contributed by atoms with E-state index in [1.54, 1.807) is 24.3 Å². The maximum atomic E-state index is 12.3. The van der Waals surface area contributed by atoms with Gasteiger partial charge in [-0.15, -0.1) is 0 Å². The molecule has 1 N–H and O–H groups in total. The summed E-state index contributed by atoms with van der Waals surface area (Å²) in [6.07, 6.45) is 4.22. The van der Waals surface area contributed by atoms with Crippen LogP contribution in [0.4, 0.5) is 0 Å². The molecule has 8 nitrogen and oxygen atoms in total. The predicted molar refractivity (Wildman–Crippen MR) is 78.4 cm³/mol.